The second-order valence-electron chi connectivity index (χ2n) is 2.81. The van der Waals surface area contributed by atoms with E-state index >= 15 is 0 Å². The minimum absolute atomic E-state index is 0.165. The Labute approximate surface area is 104 Å². The van der Waals surface area contributed by atoms with Crippen LogP contribution in [0.15, 0.2) is 11.6 Å². The van der Waals surface area contributed by atoms with E-state index in [4.69, 9.17) is 5.73 Å². The van der Waals surface area contributed by atoms with E-state index in [0.29, 0.717) is 0 Å². The van der Waals surface area contributed by atoms with Crippen LogP contribution in [0.4, 0.5) is 0 Å². The molecule has 2 aromatic heterocycles. The average molecular weight is 337 g/mol. The Morgan fingerprint density at radius 2 is 2.29 bits per heavy atom. The Balaban J connectivity index is 2.28. The molecule has 0 aliphatic carbocycles. The summed E-state index contributed by atoms with van der Waals surface area (Å²) in [5.74, 6) is 0. The van der Waals surface area contributed by atoms with Crippen LogP contribution in [0, 0.1) is 9.81 Å². The topological polar surface area (TPSA) is 51.8 Å². The molecular formula is C8H8IN3S2. The van der Waals surface area contributed by atoms with Crippen LogP contribution < -0.4 is 5.73 Å². The molecule has 0 radical (unpaired) electrons. The van der Waals surface area contributed by atoms with Gasteiger partial charge in [0.2, 0.25) is 0 Å². The standard InChI is InChI=1S/C8H8IN3S2/c1-4-3-13-8(12-4)6(10)7-11-2-5(9)14-7/h2-3,6H,10H2,1H3. The van der Waals surface area contributed by atoms with Gasteiger partial charge in [-0.2, -0.15) is 0 Å². The van der Waals surface area contributed by atoms with Gasteiger partial charge in [-0.1, -0.05) is 0 Å². The number of nitrogens with zero attached hydrogens (tertiary/aromatic N) is 2. The molecule has 2 N–H and O–H groups in total. The van der Waals surface area contributed by atoms with E-state index in [-0.39, 0.29) is 6.04 Å². The molecule has 0 aliphatic heterocycles. The van der Waals surface area contributed by atoms with E-state index in [0.717, 1.165) is 18.6 Å². The first-order chi connectivity index (χ1) is 6.66. The smallest absolute Gasteiger partial charge is 0.117 e. The van der Waals surface area contributed by atoms with Crippen molar-refractivity contribution >= 4 is 45.3 Å². The van der Waals surface area contributed by atoms with Crippen LogP contribution in [0.1, 0.15) is 21.8 Å². The van der Waals surface area contributed by atoms with Gasteiger partial charge < -0.3 is 5.73 Å². The van der Waals surface area contributed by atoms with Crippen LogP contribution in [0.2, 0.25) is 0 Å². The number of halogens is 1. The number of nitrogens with two attached hydrogens (primary N) is 1. The van der Waals surface area contributed by atoms with Crippen molar-refractivity contribution in [3.8, 4) is 0 Å². The first-order valence-corrected chi connectivity index (χ1v) is 6.73. The lowest BCUT2D eigenvalue weighted by molar-refractivity contribution is 0.840. The lowest BCUT2D eigenvalue weighted by Gasteiger charge is -2.02. The van der Waals surface area contributed by atoms with E-state index in [1.54, 1.807) is 22.7 Å². The fraction of sp³-hybridized carbons (Fsp3) is 0.250. The lowest BCUT2D eigenvalue weighted by atomic mass is 10.3. The third-order valence-electron chi connectivity index (χ3n) is 1.66. The van der Waals surface area contributed by atoms with Crippen LogP contribution >= 0.6 is 45.3 Å². The van der Waals surface area contributed by atoms with Gasteiger partial charge in [0.25, 0.3) is 0 Å². The van der Waals surface area contributed by atoms with Crippen LogP contribution in [0.5, 0.6) is 0 Å². The summed E-state index contributed by atoms with van der Waals surface area (Å²) >= 11 is 5.45. The number of hydrogen-bond donors (Lipinski definition) is 1. The summed E-state index contributed by atoms with van der Waals surface area (Å²) in [7, 11) is 0. The van der Waals surface area contributed by atoms with Crippen molar-refractivity contribution in [3.05, 3.63) is 30.2 Å². The summed E-state index contributed by atoms with van der Waals surface area (Å²) in [6.45, 7) is 1.97. The fourth-order valence-electron chi connectivity index (χ4n) is 1.03. The molecule has 0 spiro atoms. The Bertz CT molecular complexity index is 397. The number of aromatic nitrogens is 2. The van der Waals surface area contributed by atoms with E-state index < -0.39 is 0 Å². The van der Waals surface area contributed by atoms with E-state index in [2.05, 4.69) is 32.6 Å². The maximum atomic E-state index is 6.04. The summed E-state index contributed by atoms with van der Waals surface area (Å²) in [6, 6.07) is -0.165. The molecule has 0 saturated carbocycles. The summed E-state index contributed by atoms with van der Waals surface area (Å²) in [6.07, 6.45) is 1.83. The Morgan fingerprint density at radius 3 is 2.79 bits per heavy atom. The average Bonchev–Trinajstić information content (AvgIpc) is 2.73. The van der Waals surface area contributed by atoms with Gasteiger partial charge in [0.1, 0.15) is 16.1 Å². The molecule has 1 unspecified atom stereocenters. The monoisotopic (exact) mass is 337 g/mol. The molecule has 0 bridgehead atoms. The van der Waals surface area contributed by atoms with Crippen molar-refractivity contribution in [3.63, 3.8) is 0 Å². The predicted molar refractivity (Wildman–Crippen MR) is 67.7 cm³/mol. The highest BCUT2D eigenvalue weighted by Gasteiger charge is 2.15. The van der Waals surface area contributed by atoms with Crippen molar-refractivity contribution in [2.75, 3.05) is 0 Å². The third-order valence-corrected chi connectivity index (χ3v) is 4.52. The van der Waals surface area contributed by atoms with Crippen molar-refractivity contribution < 1.29 is 0 Å². The Kier molecular flexibility index (Phi) is 3.15. The number of aryl methyl sites for hydroxylation is 1. The second-order valence-corrected chi connectivity index (χ2v) is 6.65. The summed E-state index contributed by atoms with van der Waals surface area (Å²) in [5.41, 5.74) is 7.06. The summed E-state index contributed by atoms with van der Waals surface area (Å²) in [5, 5.41) is 3.88. The van der Waals surface area contributed by atoms with E-state index in [1.807, 2.05) is 18.5 Å². The van der Waals surface area contributed by atoms with Crippen LogP contribution in [-0.2, 0) is 0 Å². The van der Waals surface area contributed by atoms with Gasteiger partial charge in [0.15, 0.2) is 0 Å². The highest BCUT2D eigenvalue weighted by atomic mass is 127. The van der Waals surface area contributed by atoms with E-state index in [9.17, 15) is 0 Å². The second kappa shape index (κ2) is 4.21. The molecule has 2 aromatic rings. The Hall–Kier alpha value is -0.0500. The number of rotatable bonds is 2. The molecule has 0 amide bonds. The molecule has 74 valence electrons. The van der Waals surface area contributed by atoms with Crippen molar-refractivity contribution in [2.45, 2.75) is 13.0 Å². The third kappa shape index (κ3) is 2.13. The molecular weight excluding hydrogens is 329 g/mol. The highest BCUT2D eigenvalue weighted by molar-refractivity contribution is 14.1. The van der Waals surface area contributed by atoms with Gasteiger partial charge in [-0.15, -0.1) is 22.7 Å². The molecule has 6 heteroatoms. The van der Waals surface area contributed by atoms with Gasteiger partial charge >= 0.3 is 0 Å². The first-order valence-electron chi connectivity index (χ1n) is 3.95. The Morgan fingerprint density at radius 1 is 1.50 bits per heavy atom. The molecule has 3 nitrogen and oxygen atoms in total. The highest BCUT2D eigenvalue weighted by Crippen LogP contribution is 2.26. The SMILES string of the molecule is Cc1csc(C(N)c2ncc(I)s2)n1. The maximum Gasteiger partial charge on any atom is 0.117 e. The molecule has 2 heterocycles. The summed E-state index contributed by atoms with van der Waals surface area (Å²) < 4.78 is 1.15. The molecule has 0 fully saturated rings. The minimum atomic E-state index is -0.165. The molecule has 2 rings (SSSR count). The molecule has 0 aromatic carbocycles. The summed E-state index contributed by atoms with van der Waals surface area (Å²) in [4.78, 5) is 8.61. The van der Waals surface area contributed by atoms with Gasteiger partial charge in [-0.25, -0.2) is 9.97 Å². The van der Waals surface area contributed by atoms with Crippen LogP contribution in [-0.4, -0.2) is 9.97 Å². The molecule has 14 heavy (non-hydrogen) atoms. The quantitative estimate of drug-likeness (QED) is 0.857. The van der Waals surface area contributed by atoms with Crippen molar-refractivity contribution in [2.24, 2.45) is 5.73 Å². The predicted octanol–water partition coefficient (Wildman–Crippen LogP) is 2.56. The number of thiazole rings is 2. The maximum absolute atomic E-state index is 6.04. The zero-order chi connectivity index (χ0) is 10.1. The molecule has 1 atom stereocenters. The van der Waals surface area contributed by atoms with Crippen molar-refractivity contribution in [1.29, 1.82) is 0 Å². The molecule has 0 saturated heterocycles. The normalized spacial score (nSPS) is 13.1. The number of hydrogen-bond acceptors (Lipinski definition) is 5. The van der Waals surface area contributed by atoms with Crippen LogP contribution in [0.3, 0.4) is 0 Å². The van der Waals surface area contributed by atoms with Gasteiger partial charge in [-0.05, 0) is 29.5 Å². The fourth-order valence-corrected chi connectivity index (χ4v) is 3.37. The van der Waals surface area contributed by atoms with Gasteiger partial charge in [-0.3, -0.25) is 0 Å². The zero-order valence-corrected chi connectivity index (χ0v) is 11.2. The van der Waals surface area contributed by atoms with Crippen LogP contribution in [0.25, 0.3) is 0 Å². The van der Waals surface area contributed by atoms with Gasteiger partial charge in [0, 0.05) is 11.1 Å². The van der Waals surface area contributed by atoms with Gasteiger partial charge in [0.05, 0.1) is 9.08 Å². The zero-order valence-electron chi connectivity index (χ0n) is 7.40. The largest absolute Gasteiger partial charge is 0.316 e. The minimum Gasteiger partial charge on any atom is -0.316 e. The lowest BCUT2D eigenvalue weighted by Crippen LogP contribution is -2.10. The van der Waals surface area contributed by atoms with Crippen molar-refractivity contribution in [1.82, 2.24) is 9.97 Å². The molecule has 0 aliphatic rings. The van der Waals surface area contributed by atoms with E-state index in [1.165, 1.54) is 0 Å². The first kappa shape index (κ1) is 10.5.